The Labute approximate surface area is 227 Å². The smallest absolute Gasteiger partial charge is 0.166 e. The molecule has 4 heteroatoms. The van der Waals surface area contributed by atoms with Gasteiger partial charge < -0.3 is 0 Å². The molecule has 0 nitrogen and oxygen atoms in total. The molecule has 0 amide bonds. The van der Waals surface area contributed by atoms with Gasteiger partial charge in [-0.2, -0.15) is 13.2 Å². The third-order valence-electron chi connectivity index (χ3n) is 7.29. The fourth-order valence-electron chi connectivity index (χ4n) is 5.24. The van der Waals surface area contributed by atoms with Gasteiger partial charge in [-0.3, -0.25) is 0 Å². The minimum atomic E-state index is -4.36. The first-order valence-corrected chi connectivity index (χ1v) is 13.5. The van der Waals surface area contributed by atoms with Crippen molar-refractivity contribution >= 4 is 42.3 Å². The SMILES string of the molecule is FC(F)(F)c1cccc(-c2ccc(-c3ccc4cc(-c5ccc6sc7ccccc7c6c5)ccc4c3)cc2)c1. The summed E-state index contributed by atoms with van der Waals surface area (Å²) in [5.74, 6) is 0. The molecule has 0 aliphatic heterocycles. The van der Waals surface area contributed by atoms with Crippen LogP contribution in [0.3, 0.4) is 0 Å². The van der Waals surface area contributed by atoms with Gasteiger partial charge in [-0.05, 0) is 86.6 Å². The molecule has 6 aromatic carbocycles. The monoisotopic (exact) mass is 530 g/mol. The third kappa shape index (κ3) is 4.37. The Morgan fingerprint density at radius 1 is 0.410 bits per heavy atom. The number of hydrogen-bond acceptors (Lipinski definition) is 1. The van der Waals surface area contributed by atoms with E-state index >= 15 is 0 Å². The van der Waals surface area contributed by atoms with Crippen molar-refractivity contribution < 1.29 is 13.2 Å². The van der Waals surface area contributed by atoms with Crippen LogP contribution in [0.2, 0.25) is 0 Å². The predicted molar refractivity (Wildman–Crippen MR) is 158 cm³/mol. The average Bonchev–Trinajstić information content (AvgIpc) is 3.34. The van der Waals surface area contributed by atoms with E-state index in [1.807, 2.05) is 35.6 Å². The van der Waals surface area contributed by atoms with E-state index in [0.717, 1.165) is 33.5 Å². The second kappa shape index (κ2) is 9.11. The first-order valence-electron chi connectivity index (χ1n) is 12.7. The molecule has 0 spiro atoms. The molecule has 0 atom stereocenters. The van der Waals surface area contributed by atoms with E-state index in [9.17, 15) is 13.2 Å². The van der Waals surface area contributed by atoms with Gasteiger partial charge in [0.25, 0.3) is 0 Å². The highest BCUT2D eigenvalue weighted by molar-refractivity contribution is 7.25. The zero-order valence-electron chi connectivity index (χ0n) is 20.7. The number of rotatable bonds is 3. The van der Waals surface area contributed by atoms with Gasteiger partial charge in [0.05, 0.1) is 5.56 Å². The molecule has 0 radical (unpaired) electrons. The van der Waals surface area contributed by atoms with Gasteiger partial charge in [0.15, 0.2) is 0 Å². The van der Waals surface area contributed by atoms with Gasteiger partial charge >= 0.3 is 6.18 Å². The Morgan fingerprint density at radius 3 is 1.64 bits per heavy atom. The van der Waals surface area contributed by atoms with Crippen LogP contribution >= 0.6 is 11.3 Å². The maximum atomic E-state index is 13.1. The summed E-state index contributed by atoms with van der Waals surface area (Å²) >= 11 is 1.82. The molecule has 1 heterocycles. The largest absolute Gasteiger partial charge is 0.416 e. The number of thiophene rings is 1. The lowest BCUT2D eigenvalue weighted by Gasteiger charge is -2.10. The lowest BCUT2D eigenvalue weighted by Crippen LogP contribution is -2.04. The number of alkyl halides is 3. The van der Waals surface area contributed by atoms with Gasteiger partial charge in [0.1, 0.15) is 0 Å². The lowest BCUT2D eigenvalue weighted by atomic mass is 9.96. The summed E-state index contributed by atoms with van der Waals surface area (Å²) in [6, 6.07) is 41.3. The molecule has 0 saturated carbocycles. The number of halogens is 3. The molecule has 0 aliphatic carbocycles. The van der Waals surface area contributed by atoms with Gasteiger partial charge in [-0.1, -0.05) is 84.9 Å². The summed E-state index contributed by atoms with van der Waals surface area (Å²) in [7, 11) is 0. The minimum absolute atomic E-state index is 0.552. The van der Waals surface area contributed by atoms with E-state index in [0.29, 0.717) is 5.56 Å². The number of benzene rings is 6. The molecule has 0 saturated heterocycles. The molecular formula is C35H21F3S. The summed E-state index contributed by atoms with van der Waals surface area (Å²) in [5.41, 5.74) is 5.13. The highest BCUT2D eigenvalue weighted by atomic mass is 32.1. The lowest BCUT2D eigenvalue weighted by molar-refractivity contribution is -0.137. The highest BCUT2D eigenvalue weighted by Gasteiger charge is 2.30. The molecule has 188 valence electrons. The Hall–Kier alpha value is -4.41. The Balaban J connectivity index is 1.19. The van der Waals surface area contributed by atoms with Crippen molar-refractivity contribution in [3.63, 3.8) is 0 Å². The molecule has 0 bridgehead atoms. The summed E-state index contributed by atoms with van der Waals surface area (Å²) in [6.07, 6.45) is -4.36. The molecule has 0 N–H and O–H groups in total. The average molecular weight is 531 g/mol. The summed E-state index contributed by atoms with van der Waals surface area (Å²) in [6.45, 7) is 0. The van der Waals surface area contributed by atoms with Crippen molar-refractivity contribution in [3.05, 3.63) is 133 Å². The van der Waals surface area contributed by atoms with Crippen molar-refractivity contribution in [3.8, 4) is 33.4 Å². The molecule has 1 aromatic heterocycles. The topological polar surface area (TPSA) is 0 Å². The van der Waals surface area contributed by atoms with E-state index in [1.165, 1.54) is 43.4 Å². The first kappa shape index (κ1) is 23.7. The van der Waals surface area contributed by atoms with Crippen LogP contribution in [-0.2, 0) is 6.18 Å². The van der Waals surface area contributed by atoms with Crippen LogP contribution in [0.5, 0.6) is 0 Å². The van der Waals surface area contributed by atoms with E-state index in [4.69, 9.17) is 0 Å². The number of fused-ring (bicyclic) bond motifs is 4. The summed E-state index contributed by atoms with van der Waals surface area (Å²) < 4.78 is 42.0. The predicted octanol–water partition coefficient (Wildman–Crippen LogP) is 11.2. The maximum Gasteiger partial charge on any atom is 0.416 e. The van der Waals surface area contributed by atoms with Crippen molar-refractivity contribution in [2.75, 3.05) is 0 Å². The Morgan fingerprint density at radius 2 is 0.949 bits per heavy atom. The molecule has 7 rings (SSSR count). The highest BCUT2D eigenvalue weighted by Crippen LogP contribution is 2.37. The molecule has 0 unspecified atom stereocenters. The van der Waals surface area contributed by atoms with E-state index in [-0.39, 0.29) is 0 Å². The van der Waals surface area contributed by atoms with Crippen molar-refractivity contribution in [2.24, 2.45) is 0 Å². The molecule has 7 aromatic rings. The fourth-order valence-corrected chi connectivity index (χ4v) is 6.33. The van der Waals surface area contributed by atoms with Crippen molar-refractivity contribution in [1.29, 1.82) is 0 Å². The molecule has 39 heavy (non-hydrogen) atoms. The fraction of sp³-hybridized carbons (Fsp3) is 0.0286. The zero-order chi connectivity index (χ0) is 26.6. The normalized spacial score (nSPS) is 12.0. The van der Waals surface area contributed by atoms with Gasteiger partial charge in [-0.25, -0.2) is 0 Å². The Kier molecular flexibility index (Phi) is 5.53. The zero-order valence-corrected chi connectivity index (χ0v) is 21.5. The van der Waals surface area contributed by atoms with Crippen LogP contribution in [0, 0.1) is 0 Å². The van der Waals surface area contributed by atoms with Crippen LogP contribution < -0.4 is 0 Å². The van der Waals surface area contributed by atoms with Crippen LogP contribution in [0.1, 0.15) is 5.56 Å². The van der Waals surface area contributed by atoms with Crippen molar-refractivity contribution in [2.45, 2.75) is 6.18 Å². The summed E-state index contributed by atoms with van der Waals surface area (Å²) in [5, 5.41) is 4.88. The van der Waals surface area contributed by atoms with Crippen LogP contribution in [0.25, 0.3) is 64.3 Å². The van der Waals surface area contributed by atoms with Crippen LogP contribution in [0.4, 0.5) is 13.2 Å². The number of hydrogen-bond donors (Lipinski definition) is 0. The standard InChI is InChI=1S/C35H21F3S/c36-35(37,38)30-5-3-4-24(20-30)22-8-10-23(11-9-22)25-12-13-27-19-28(15-14-26(27)18-25)29-16-17-34-32(21-29)31-6-1-2-7-33(31)39-34/h1-21H. The van der Waals surface area contributed by atoms with E-state index in [2.05, 4.69) is 78.9 Å². The summed E-state index contributed by atoms with van der Waals surface area (Å²) in [4.78, 5) is 0. The van der Waals surface area contributed by atoms with Gasteiger partial charge in [-0.15, -0.1) is 11.3 Å². The first-order chi connectivity index (χ1) is 18.9. The Bertz CT molecular complexity index is 2000. The minimum Gasteiger partial charge on any atom is -0.166 e. The quantitative estimate of drug-likeness (QED) is 0.213. The van der Waals surface area contributed by atoms with Crippen LogP contribution in [0.15, 0.2) is 127 Å². The van der Waals surface area contributed by atoms with Crippen LogP contribution in [-0.4, -0.2) is 0 Å². The second-order valence-electron chi connectivity index (χ2n) is 9.74. The van der Waals surface area contributed by atoms with E-state index in [1.54, 1.807) is 6.07 Å². The van der Waals surface area contributed by atoms with Crippen molar-refractivity contribution in [1.82, 2.24) is 0 Å². The van der Waals surface area contributed by atoms with Gasteiger partial charge in [0.2, 0.25) is 0 Å². The maximum absolute atomic E-state index is 13.1. The van der Waals surface area contributed by atoms with E-state index < -0.39 is 11.7 Å². The molecule has 0 aliphatic rings. The molecule has 0 fully saturated rings. The second-order valence-corrected chi connectivity index (χ2v) is 10.8. The molecular weight excluding hydrogens is 509 g/mol. The van der Waals surface area contributed by atoms with Gasteiger partial charge in [0, 0.05) is 20.2 Å². The third-order valence-corrected chi connectivity index (χ3v) is 8.44.